The summed E-state index contributed by atoms with van der Waals surface area (Å²) in [5, 5.41) is 37.7. The molecule has 0 amide bonds. The Balaban J connectivity index is -0.0000000594. The van der Waals surface area contributed by atoms with Gasteiger partial charge in [0.2, 0.25) is 0 Å². The summed E-state index contributed by atoms with van der Waals surface area (Å²) < 4.78 is 0. The van der Waals surface area contributed by atoms with Gasteiger partial charge in [0.1, 0.15) is 0 Å². The average molecular weight is 346 g/mol. The molecular weight excluding hydrogens is 342 g/mol. The molecule has 0 N–H and O–H groups in total. The van der Waals surface area contributed by atoms with Gasteiger partial charge in [-0.15, -0.1) is 0 Å². The second-order valence-corrected chi connectivity index (χ2v) is 1.94. The summed E-state index contributed by atoms with van der Waals surface area (Å²) in [4.78, 5) is 37.7. The Morgan fingerprint density at radius 2 is 0.632 bits per heavy atom. The van der Waals surface area contributed by atoms with Crippen LogP contribution in [-0.4, -0.2) is 61.6 Å². The van der Waals surface area contributed by atoms with Crippen LogP contribution in [0.1, 0.15) is 0 Å². The van der Waals surface area contributed by atoms with Gasteiger partial charge in [0.15, 0.2) is 0 Å². The van der Waals surface area contributed by atoms with Crippen molar-refractivity contribution in [2.75, 3.05) is 0 Å². The third kappa shape index (κ3) is 45.0. The monoisotopic (exact) mass is 346 g/mol. The van der Waals surface area contributed by atoms with Gasteiger partial charge in [-0.1, -0.05) is 0 Å². The molecule has 0 aromatic heterocycles. The average Bonchev–Trinajstić information content (AvgIpc) is 2.12. The minimum absolute atomic E-state index is 0. The molecule has 0 aliphatic heterocycles. The van der Waals surface area contributed by atoms with E-state index in [2.05, 4.69) is 0 Å². The molecule has 8 nitrogen and oxygen atoms in total. The molecule has 0 radical (unpaired) electrons. The van der Waals surface area contributed by atoms with E-state index < -0.39 is 23.9 Å². The molecule has 0 unspecified atom stereocenters. The Bertz CT molecular complexity index is 287. The molecule has 0 heterocycles. The van der Waals surface area contributed by atoms with Gasteiger partial charge in [-0.25, -0.2) is 0 Å². The number of carboxylic acids is 4. The number of carboxylic acid groups (broad SMARTS) is 4. The Morgan fingerprint density at radius 3 is 0.684 bits per heavy atom. The molecule has 0 saturated carbocycles. The maximum atomic E-state index is 9.41. The maximum Gasteiger partial charge on any atom is 2.00 e. The van der Waals surface area contributed by atoms with E-state index >= 15 is 0 Å². The fourth-order valence-electron chi connectivity index (χ4n) is 0.272. The fraction of sp³-hybridized carbons (Fsp3) is 0. The van der Waals surface area contributed by atoms with E-state index in [4.69, 9.17) is 0 Å². The zero-order valence-corrected chi connectivity index (χ0v) is 18.7. The van der Waals surface area contributed by atoms with Gasteiger partial charge in [0.05, 0.1) is 23.9 Å². The zero-order chi connectivity index (χ0) is 13.1. The van der Waals surface area contributed by atoms with Crippen molar-refractivity contribution in [2.24, 2.45) is 0 Å². The van der Waals surface area contributed by atoms with E-state index in [1.54, 1.807) is 0 Å². The van der Waals surface area contributed by atoms with Gasteiger partial charge in [-0.05, 0) is 24.3 Å². The summed E-state index contributed by atoms with van der Waals surface area (Å²) in [6, 6.07) is 0. The van der Waals surface area contributed by atoms with E-state index in [0.717, 1.165) is 0 Å². The molecule has 0 saturated heterocycles. The number of carbonyl (C=O) groups excluding carboxylic acids is 4. The minimum Gasteiger partial charge on any atom is -0.545 e. The van der Waals surface area contributed by atoms with E-state index in [0.29, 0.717) is 24.3 Å². The molecule has 0 aromatic carbocycles. The molecule has 19 heavy (non-hydrogen) atoms. The molecule has 0 aliphatic rings. The molecule has 0 rings (SSSR count). The van der Waals surface area contributed by atoms with Crippen molar-refractivity contribution in [3.8, 4) is 0 Å². The molecule has 0 fully saturated rings. The molecule has 0 atom stereocenters. The van der Waals surface area contributed by atoms with Crippen LogP contribution in [0.15, 0.2) is 24.3 Å². The van der Waals surface area contributed by atoms with Crippen molar-refractivity contribution < 1.29 is 142 Å². The van der Waals surface area contributed by atoms with E-state index in [-0.39, 0.29) is 141 Å². The van der Waals surface area contributed by atoms with Gasteiger partial charge in [0, 0.05) is 0 Å². The third-order valence-electron chi connectivity index (χ3n) is 0.711. The molecular formula is C8H4CaK2O8. The molecule has 0 spiro atoms. The van der Waals surface area contributed by atoms with Crippen LogP contribution in [0.25, 0.3) is 0 Å². The zero-order valence-electron chi connectivity index (χ0n) is 10.3. The Hall–Kier alpha value is 1.89. The van der Waals surface area contributed by atoms with Crippen LogP contribution in [-0.2, 0) is 19.2 Å². The summed E-state index contributed by atoms with van der Waals surface area (Å²) in [6.07, 6.45) is 1.54. The first-order chi connectivity index (χ1) is 7.25. The van der Waals surface area contributed by atoms with Gasteiger partial charge in [-0.2, -0.15) is 0 Å². The van der Waals surface area contributed by atoms with Crippen LogP contribution >= 0.6 is 0 Å². The van der Waals surface area contributed by atoms with Gasteiger partial charge in [0.25, 0.3) is 0 Å². The van der Waals surface area contributed by atoms with Gasteiger partial charge in [-0.3, -0.25) is 0 Å². The Kier molecular flexibility index (Phi) is 38.2. The maximum absolute atomic E-state index is 9.41. The number of hydrogen-bond acceptors (Lipinski definition) is 8. The second-order valence-electron chi connectivity index (χ2n) is 1.94. The second kappa shape index (κ2) is 22.2. The molecule has 11 heteroatoms. The van der Waals surface area contributed by atoms with E-state index in [9.17, 15) is 39.6 Å². The van der Waals surface area contributed by atoms with Crippen LogP contribution in [0, 0.1) is 0 Å². The molecule has 0 aliphatic carbocycles. The molecule has 0 bridgehead atoms. The Morgan fingerprint density at radius 1 is 0.526 bits per heavy atom. The fourth-order valence-corrected chi connectivity index (χ4v) is 0.272. The van der Waals surface area contributed by atoms with E-state index in [1.807, 2.05) is 0 Å². The van der Waals surface area contributed by atoms with Crippen molar-refractivity contribution in [1.82, 2.24) is 0 Å². The predicted molar refractivity (Wildman–Crippen MR) is 44.1 cm³/mol. The number of rotatable bonds is 4. The van der Waals surface area contributed by atoms with Crippen LogP contribution in [0.4, 0.5) is 0 Å². The first-order valence-corrected chi connectivity index (χ1v) is 3.45. The van der Waals surface area contributed by atoms with E-state index in [1.165, 1.54) is 0 Å². The summed E-state index contributed by atoms with van der Waals surface area (Å²) in [5.41, 5.74) is 0. The molecule has 88 valence electrons. The largest absolute Gasteiger partial charge is 2.00 e. The first kappa shape index (κ1) is 32.7. The van der Waals surface area contributed by atoms with Crippen molar-refractivity contribution in [3.63, 3.8) is 0 Å². The first-order valence-electron chi connectivity index (χ1n) is 3.45. The quantitative estimate of drug-likeness (QED) is 0.358. The standard InChI is InChI=1S/2C4H4O4.Ca.2K/c2*5-3(6)1-2-4(7)8;;;/h2*1-2H,(H,5,6)(H,7,8);;;/q;;+2;2*+1/p-4/b2*2-1-;;;. The van der Waals surface area contributed by atoms with Crippen molar-refractivity contribution >= 4 is 61.6 Å². The number of carbonyl (C=O) groups is 4. The van der Waals surface area contributed by atoms with Gasteiger partial charge >= 0.3 is 141 Å². The summed E-state index contributed by atoms with van der Waals surface area (Å²) in [5.74, 6) is -6.19. The van der Waals surface area contributed by atoms with Crippen LogP contribution in [0.3, 0.4) is 0 Å². The minimum atomic E-state index is -1.55. The summed E-state index contributed by atoms with van der Waals surface area (Å²) in [7, 11) is 0. The summed E-state index contributed by atoms with van der Waals surface area (Å²) >= 11 is 0. The summed E-state index contributed by atoms with van der Waals surface area (Å²) in [6.45, 7) is 0. The predicted octanol–water partition coefficient (Wildman–Crippen LogP) is -12.3. The SMILES string of the molecule is O=C([O-])/C=C\C(=O)[O-].O=C([O-])/C=C\C(=O)[O-].[Ca+2].[K+].[K+]. The number of aliphatic carboxylic acids is 4. The molecule has 0 aromatic rings. The van der Waals surface area contributed by atoms with Crippen molar-refractivity contribution in [1.29, 1.82) is 0 Å². The van der Waals surface area contributed by atoms with Gasteiger partial charge < -0.3 is 39.6 Å². The number of hydrogen-bond donors (Lipinski definition) is 0. The third-order valence-corrected chi connectivity index (χ3v) is 0.711. The van der Waals surface area contributed by atoms with Crippen molar-refractivity contribution in [3.05, 3.63) is 24.3 Å². The smallest absolute Gasteiger partial charge is 0.545 e. The van der Waals surface area contributed by atoms with Crippen LogP contribution in [0.5, 0.6) is 0 Å². The topological polar surface area (TPSA) is 161 Å². The Labute approximate surface area is 223 Å². The normalized spacial score (nSPS) is 8.00. The van der Waals surface area contributed by atoms with Crippen molar-refractivity contribution in [2.45, 2.75) is 0 Å². The van der Waals surface area contributed by atoms with Crippen LogP contribution in [0.2, 0.25) is 0 Å². The van der Waals surface area contributed by atoms with Crippen LogP contribution < -0.4 is 123 Å².